The van der Waals surface area contributed by atoms with Gasteiger partial charge in [-0.05, 0) is 12.1 Å². The van der Waals surface area contributed by atoms with Crippen molar-refractivity contribution in [3.05, 3.63) is 24.3 Å². The lowest BCUT2D eigenvalue weighted by molar-refractivity contribution is 0.133. The van der Waals surface area contributed by atoms with E-state index in [1.165, 1.54) is 24.3 Å². The third-order valence-electron chi connectivity index (χ3n) is 2.17. The first-order valence-electron chi connectivity index (χ1n) is 4.08. The first-order valence-corrected chi connectivity index (χ1v) is 4.08. The zero-order chi connectivity index (χ0) is 11.6. The molecule has 15 heavy (non-hydrogen) atoms. The molecule has 0 aliphatic heterocycles. The van der Waals surface area contributed by atoms with Gasteiger partial charge in [-0.25, -0.2) is 0 Å². The van der Waals surface area contributed by atoms with Crippen LogP contribution < -0.4 is 10.2 Å². The fourth-order valence-corrected chi connectivity index (χ4v) is 1.08. The molecule has 1 rings (SSSR count). The van der Waals surface area contributed by atoms with E-state index in [1.54, 1.807) is 0 Å². The number of amides is 2. The Morgan fingerprint density at radius 2 is 1.53 bits per heavy atom. The lowest BCUT2D eigenvalue weighted by Crippen LogP contribution is -2.53. The van der Waals surface area contributed by atoms with E-state index in [4.69, 9.17) is 15.9 Å². The first kappa shape index (κ1) is 11.0. The number of rotatable bonds is 1. The number of carbonyl (C=O) groups is 2. The predicted octanol–water partition coefficient (Wildman–Crippen LogP) is 1.56. The van der Waals surface area contributed by atoms with Crippen LogP contribution in [0.4, 0.5) is 21.0 Å². The molecule has 0 saturated carbocycles. The summed E-state index contributed by atoms with van der Waals surface area (Å²) in [6.07, 6.45) is -2.93. The molecule has 0 radical (unpaired) electrons. The molecule has 0 spiro atoms. The van der Waals surface area contributed by atoms with Gasteiger partial charge in [0.25, 0.3) is 0 Å². The largest absolute Gasteiger partial charge is 0.529 e. The summed E-state index contributed by atoms with van der Waals surface area (Å²) in [5.74, 6) is 0. The molecule has 80 valence electrons. The van der Waals surface area contributed by atoms with Gasteiger partial charge in [0.2, 0.25) is 0 Å². The average Bonchev–Trinajstić information content (AvgIpc) is 2.17. The van der Waals surface area contributed by atoms with E-state index in [2.05, 4.69) is 0 Å². The zero-order valence-corrected chi connectivity index (χ0v) is 8.04. The van der Waals surface area contributed by atoms with Crippen LogP contribution in [0.25, 0.3) is 0 Å². The van der Waals surface area contributed by atoms with Gasteiger partial charge in [-0.1, -0.05) is 4.48 Å². The van der Waals surface area contributed by atoms with E-state index in [0.29, 0.717) is 5.69 Å². The number of imide groups is 1. The molecular weight excluding hydrogens is 200 g/mol. The lowest BCUT2D eigenvalue weighted by atomic mass is 10.2. The van der Waals surface area contributed by atoms with Crippen molar-refractivity contribution >= 4 is 23.6 Å². The van der Waals surface area contributed by atoms with Crippen molar-refractivity contribution in [2.45, 2.75) is 0 Å². The lowest BCUT2D eigenvalue weighted by Gasteiger charge is -2.20. The second-order valence-electron chi connectivity index (χ2n) is 3.16. The Morgan fingerprint density at radius 1 is 1.13 bits per heavy atom. The van der Waals surface area contributed by atoms with Crippen molar-refractivity contribution in [1.82, 2.24) is 4.48 Å². The quantitative estimate of drug-likeness (QED) is 0.483. The van der Waals surface area contributed by atoms with Crippen molar-refractivity contribution in [2.24, 2.45) is 0 Å². The third kappa shape index (κ3) is 1.75. The fourth-order valence-electron chi connectivity index (χ4n) is 1.08. The van der Waals surface area contributed by atoms with Crippen LogP contribution in [0, 0.1) is 0 Å². The number of nitrogens with zero attached hydrogens (tertiary/aromatic N) is 1. The van der Waals surface area contributed by atoms with E-state index >= 15 is 0 Å². The average molecular weight is 211 g/mol. The highest BCUT2D eigenvalue weighted by atomic mass is 16.4. The van der Waals surface area contributed by atoms with E-state index in [9.17, 15) is 9.59 Å². The molecule has 0 bridgehead atoms. The minimum atomic E-state index is -1.47. The summed E-state index contributed by atoms with van der Waals surface area (Å²) < 4.78 is -1.22. The fraction of sp³-hybridized carbons (Fsp3) is 0.111. The van der Waals surface area contributed by atoms with E-state index < -0.39 is 16.7 Å². The SMILES string of the molecule is C[N+](C(=O)O)(C(=O)O)c1ccc(N)cc1. The van der Waals surface area contributed by atoms with E-state index in [1.807, 2.05) is 0 Å². The van der Waals surface area contributed by atoms with Crippen LogP contribution in [-0.2, 0) is 0 Å². The van der Waals surface area contributed by atoms with Gasteiger partial charge in [-0.15, -0.1) is 0 Å². The topological polar surface area (TPSA) is 101 Å². The molecule has 0 aliphatic carbocycles. The second kappa shape index (κ2) is 3.58. The Morgan fingerprint density at radius 3 is 1.87 bits per heavy atom. The van der Waals surface area contributed by atoms with Gasteiger partial charge in [0.15, 0.2) is 5.69 Å². The Hall–Kier alpha value is -2.08. The Balaban J connectivity index is 3.28. The minimum absolute atomic E-state index is 0.129. The van der Waals surface area contributed by atoms with Crippen molar-refractivity contribution in [3.8, 4) is 0 Å². The maximum atomic E-state index is 10.9. The molecule has 0 unspecified atom stereocenters. The Bertz CT molecular complexity index is 385. The summed E-state index contributed by atoms with van der Waals surface area (Å²) >= 11 is 0. The number of nitrogens with two attached hydrogens (primary N) is 1. The monoisotopic (exact) mass is 211 g/mol. The van der Waals surface area contributed by atoms with E-state index in [-0.39, 0.29) is 5.69 Å². The van der Waals surface area contributed by atoms with Gasteiger partial charge in [-0.3, -0.25) is 0 Å². The predicted molar refractivity (Wildman–Crippen MR) is 54.6 cm³/mol. The van der Waals surface area contributed by atoms with Gasteiger partial charge in [-0.2, -0.15) is 9.59 Å². The molecule has 6 nitrogen and oxygen atoms in total. The van der Waals surface area contributed by atoms with Crippen molar-refractivity contribution in [3.63, 3.8) is 0 Å². The number of carboxylic acid groups (broad SMARTS) is 2. The molecular formula is C9H11N2O4+. The second-order valence-corrected chi connectivity index (χ2v) is 3.16. The third-order valence-corrected chi connectivity index (χ3v) is 2.17. The number of hydrogen-bond acceptors (Lipinski definition) is 3. The minimum Gasteiger partial charge on any atom is -0.435 e. The standard InChI is InChI=1S/C9H10N2O4/c1-11(8(12)13,9(14)15)7-4-2-6(10)3-5-7/h2-5H,10H2,1H3,(H-,12,13,14,15)/p+1. The van der Waals surface area contributed by atoms with Gasteiger partial charge >= 0.3 is 12.2 Å². The van der Waals surface area contributed by atoms with Crippen LogP contribution in [-0.4, -0.2) is 29.4 Å². The highest BCUT2D eigenvalue weighted by molar-refractivity contribution is 6.00. The highest BCUT2D eigenvalue weighted by Crippen LogP contribution is 2.22. The van der Waals surface area contributed by atoms with Crippen LogP contribution in [0.5, 0.6) is 0 Å². The molecule has 6 heteroatoms. The summed E-state index contributed by atoms with van der Waals surface area (Å²) in [5, 5.41) is 17.8. The maximum absolute atomic E-state index is 10.9. The number of anilines is 1. The number of benzene rings is 1. The van der Waals surface area contributed by atoms with Crippen LogP contribution in [0.3, 0.4) is 0 Å². The van der Waals surface area contributed by atoms with Gasteiger partial charge < -0.3 is 15.9 Å². The van der Waals surface area contributed by atoms with Gasteiger partial charge in [0.1, 0.15) is 0 Å². The van der Waals surface area contributed by atoms with Gasteiger partial charge in [0.05, 0.1) is 7.05 Å². The van der Waals surface area contributed by atoms with Crippen LogP contribution in [0.15, 0.2) is 24.3 Å². The van der Waals surface area contributed by atoms with Gasteiger partial charge in [0, 0.05) is 17.8 Å². The van der Waals surface area contributed by atoms with Crippen LogP contribution >= 0.6 is 0 Å². The summed E-state index contributed by atoms with van der Waals surface area (Å²) in [6.45, 7) is 0. The van der Waals surface area contributed by atoms with Crippen LogP contribution in [0.1, 0.15) is 0 Å². The molecule has 4 N–H and O–H groups in total. The summed E-state index contributed by atoms with van der Waals surface area (Å²) in [6, 6.07) is 5.66. The normalized spacial score (nSPS) is 11.0. The molecule has 0 fully saturated rings. The molecule has 2 amide bonds. The highest BCUT2D eigenvalue weighted by Gasteiger charge is 2.43. The smallest absolute Gasteiger partial charge is 0.435 e. The molecule has 0 atom stereocenters. The maximum Gasteiger partial charge on any atom is 0.529 e. The Kier molecular flexibility index (Phi) is 2.63. The molecule has 0 saturated heterocycles. The molecule has 0 aliphatic rings. The molecule has 0 aromatic heterocycles. The zero-order valence-electron chi connectivity index (χ0n) is 8.04. The summed E-state index contributed by atoms with van der Waals surface area (Å²) in [5.41, 5.74) is 5.99. The Labute approximate surface area is 85.7 Å². The van der Waals surface area contributed by atoms with E-state index in [0.717, 1.165) is 7.05 Å². The summed E-state index contributed by atoms with van der Waals surface area (Å²) in [7, 11) is 1.08. The molecule has 0 heterocycles. The first-order chi connectivity index (χ1) is 6.89. The van der Waals surface area contributed by atoms with Crippen molar-refractivity contribution in [2.75, 3.05) is 12.8 Å². The number of hydrogen-bond donors (Lipinski definition) is 3. The molecule has 1 aromatic rings. The van der Waals surface area contributed by atoms with Crippen molar-refractivity contribution < 1.29 is 19.8 Å². The van der Waals surface area contributed by atoms with Crippen LogP contribution in [0.2, 0.25) is 0 Å². The number of quaternary nitrogens is 1. The molecule has 1 aromatic carbocycles. The summed E-state index contributed by atoms with van der Waals surface area (Å²) in [4.78, 5) is 21.8. The van der Waals surface area contributed by atoms with Crippen molar-refractivity contribution in [1.29, 1.82) is 0 Å². The number of nitrogen functional groups attached to an aromatic ring is 1.